The summed E-state index contributed by atoms with van der Waals surface area (Å²) in [7, 11) is 0. The SMILES string of the molecule is c1cc(-c2noc(CN3CCN(C[C@H]4CCCO4)CC3)n2)cs1. The molecule has 0 N–H and O–H groups in total. The van der Waals surface area contributed by atoms with E-state index in [0.717, 1.165) is 51.4 Å². The van der Waals surface area contributed by atoms with E-state index in [-0.39, 0.29) is 0 Å². The average Bonchev–Trinajstić information content (AvgIpc) is 3.31. The van der Waals surface area contributed by atoms with E-state index in [0.29, 0.717) is 17.8 Å². The maximum Gasteiger partial charge on any atom is 0.241 e. The Morgan fingerprint density at radius 1 is 1.22 bits per heavy atom. The molecule has 6 nitrogen and oxygen atoms in total. The second kappa shape index (κ2) is 7.09. The van der Waals surface area contributed by atoms with E-state index in [1.54, 1.807) is 11.3 Å². The minimum atomic E-state index is 0.450. The molecule has 2 aliphatic rings. The fourth-order valence-electron chi connectivity index (χ4n) is 3.23. The highest BCUT2D eigenvalue weighted by atomic mass is 32.1. The summed E-state index contributed by atoms with van der Waals surface area (Å²) in [6.07, 6.45) is 2.88. The summed E-state index contributed by atoms with van der Waals surface area (Å²) in [6, 6.07) is 2.02. The zero-order valence-electron chi connectivity index (χ0n) is 13.2. The van der Waals surface area contributed by atoms with Gasteiger partial charge in [-0.25, -0.2) is 0 Å². The Labute approximate surface area is 140 Å². The molecule has 0 aromatic carbocycles. The highest BCUT2D eigenvalue weighted by molar-refractivity contribution is 7.08. The van der Waals surface area contributed by atoms with Gasteiger partial charge < -0.3 is 9.26 Å². The summed E-state index contributed by atoms with van der Waals surface area (Å²) in [6.45, 7) is 7.03. The molecule has 2 saturated heterocycles. The topological polar surface area (TPSA) is 54.6 Å². The summed E-state index contributed by atoms with van der Waals surface area (Å²) in [5.41, 5.74) is 1.03. The molecule has 0 radical (unpaired) electrons. The van der Waals surface area contributed by atoms with Gasteiger partial charge in [-0.3, -0.25) is 9.80 Å². The van der Waals surface area contributed by atoms with E-state index in [1.807, 2.05) is 16.8 Å². The van der Waals surface area contributed by atoms with E-state index in [1.165, 1.54) is 12.8 Å². The van der Waals surface area contributed by atoms with Crippen molar-refractivity contribution < 1.29 is 9.26 Å². The van der Waals surface area contributed by atoms with Gasteiger partial charge in [-0.1, -0.05) is 5.16 Å². The van der Waals surface area contributed by atoms with Crippen LogP contribution < -0.4 is 0 Å². The predicted octanol–water partition coefficient (Wildman–Crippen LogP) is 2.09. The van der Waals surface area contributed by atoms with E-state index >= 15 is 0 Å². The van der Waals surface area contributed by atoms with Crippen LogP contribution in [0.1, 0.15) is 18.7 Å². The Balaban J connectivity index is 1.26. The van der Waals surface area contributed by atoms with Gasteiger partial charge in [0.15, 0.2) is 0 Å². The van der Waals surface area contributed by atoms with Crippen molar-refractivity contribution in [1.29, 1.82) is 0 Å². The van der Waals surface area contributed by atoms with Crippen molar-refractivity contribution in [3.63, 3.8) is 0 Å². The number of nitrogens with zero attached hydrogens (tertiary/aromatic N) is 4. The van der Waals surface area contributed by atoms with Gasteiger partial charge in [-0.2, -0.15) is 16.3 Å². The number of rotatable bonds is 5. The summed E-state index contributed by atoms with van der Waals surface area (Å²) in [5, 5.41) is 8.14. The molecule has 7 heteroatoms. The molecule has 0 bridgehead atoms. The lowest BCUT2D eigenvalue weighted by Gasteiger charge is -2.34. The molecule has 4 heterocycles. The Morgan fingerprint density at radius 3 is 2.83 bits per heavy atom. The van der Waals surface area contributed by atoms with Gasteiger partial charge >= 0.3 is 0 Å². The Bertz CT molecular complexity index is 601. The quantitative estimate of drug-likeness (QED) is 0.835. The van der Waals surface area contributed by atoms with Crippen LogP contribution in [0.15, 0.2) is 21.3 Å². The Morgan fingerprint density at radius 2 is 2.09 bits per heavy atom. The fourth-order valence-corrected chi connectivity index (χ4v) is 3.86. The minimum Gasteiger partial charge on any atom is -0.377 e. The van der Waals surface area contributed by atoms with Gasteiger partial charge in [-0.15, -0.1) is 0 Å². The number of hydrogen-bond acceptors (Lipinski definition) is 7. The Hall–Kier alpha value is -1.28. The molecule has 2 aromatic rings. The van der Waals surface area contributed by atoms with E-state index in [4.69, 9.17) is 9.26 Å². The van der Waals surface area contributed by atoms with Gasteiger partial charge in [0, 0.05) is 50.3 Å². The lowest BCUT2D eigenvalue weighted by molar-refractivity contribution is 0.0468. The third-order valence-electron chi connectivity index (χ3n) is 4.56. The molecule has 0 spiro atoms. The third-order valence-corrected chi connectivity index (χ3v) is 5.24. The van der Waals surface area contributed by atoms with E-state index in [2.05, 4.69) is 19.9 Å². The smallest absolute Gasteiger partial charge is 0.241 e. The zero-order chi connectivity index (χ0) is 15.5. The van der Waals surface area contributed by atoms with E-state index < -0.39 is 0 Å². The lowest BCUT2D eigenvalue weighted by atomic mass is 10.2. The van der Waals surface area contributed by atoms with Crippen molar-refractivity contribution in [2.24, 2.45) is 0 Å². The van der Waals surface area contributed by atoms with Gasteiger partial charge in [0.05, 0.1) is 12.6 Å². The van der Waals surface area contributed by atoms with Gasteiger partial charge in [0.1, 0.15) is 0 Å². The average molecular weight is 334 g/mol. The first-order chi connectivity index (χ1) is 11.4. The molecule has 23 heavy (non-hydrogen) atoms. The summed E-state index contributed by atoms with van der Waals surface area (Å²) in [5.74, 6) is 1.40. The van der Waals surface area contributed by atoms with Crippen molar-refractivity contribution in [1.82, 2.24) is 19.9 Å². The molecule has 2 aromatic heterocycles. The van der Waals surface area contributed by atoms with Crippen LogP contribution in [0.4, 0.5) is 0 Å². The largest absolute Gasteiger partial charge is 0.377 e. The molecule has 4 rings (SSSR count). The first kappa shape index (κ1) is 15.3. The predicted molar refractivity (Wildman–Crippen MR) is 88.3 cm³/mol. The van der Waals surface area contributed by atoms with Crippen molar-refractivity contribution in [2.75, 3.05) is 39.3 Å². The fraction of sp³-hybridized carbons (Fsp3) is 0.625. The number of aromatic nitrogens is 2. The first-order valence-corrected chi connectivity index (χ1v) is 9.22. The summed E-state index contributed by atoms with van der Waals surface area (Å²) < 4.78 is 11.1. The monoisotopic (exact) mass is 334 g/mol. The normalized spacial score (nSPS) is 23.6. The standard InChI is InChI=1S/C16H22N4O2S/c1-2-14(21-8-1)10-19-4-6-20(7-5-19)11-15-17-16(18-22-15)13-3-9-23-12-13/h3,9,12,14H,1-2,4-8,10-11H2/t14-/m1/s1. The van der Waals surface area contributed by atoms with Crippen LogP contribution in [0.5, 0.6) is 0 Å². The van der Waals surface area contributed by atoms with Crippen molar-refractivity contribution in [3.05, 3.63) is 22.7 Å². The molecule has 0 saturated carbocycles. The molecular weight excluding hydrogens is 312 g/mol. The number of ether oxygens (including phenoxy) is 1. The van der Waals surface area contributed by atoms with Crippen LogP contribution in [0, 0.1) is 0 Å². The van der Waals surface area contributed by atoms with Gasteiger partial charge in [-0.05, 0) is 24.3 Å². The second-order valence-corrected chi connectivity index (χ2v) is 7.02. The molecular formula is C16H22N4O2S. The molecule has 124 valence electrons. The van der Waals surface area contributed by atoms with Crippen LogP contribution in [0.2, 0.25) is 0 Å². The first-order valence-electron chi connectivity index (χ1n) is 8.28. The summed E-state index contributed by atoms with van der Waals surface area (Å²) >= 11 is 1.64. The molecule has 0 unspecified atom stereocenters. The maximum absolute atomic E-state index is 5.73. The van der Waals surface area contributed by atoms with Gasteiger partial charge in [0.2, 0.25) is 11.7 Å². The molecule has 1 atom stereocenters. The number of thiophene rings is 1. The van der Waals surface area contributed by atoms with Gasteiger partial charge in [0.25, 0.3) is 0 Å². The van der Waals surface area contributed by atoms with E-state index in [9.17, 15) is 0 Å². The van der Waals surface area contributed by atoms with Crippen LogP contribution in [0.25, 0.3) is 11.4 Å². The lowest BCUT2D eigenvalue weighted by Crippen LogP contribution is -2.48. The third kappa shape index (κ3) is 3.80. The highest BCUT2D eigenvalue weighted by Crippen LogP contribution is 2.19. The number of piperazine rings is 1. The second-order valence-electron chi connectivity index (χ2n) is 6.24. The van der Waals surface area contributed by atoms with Crippen molar-refractivity contribution in [2.45, 2.75) is 25.5 Å². The zero-order valence-corrected chi connectivity index (χ0v) is 14.0. The van der Waals surface area contributed by atoms with Crippen LogP contribution in [0.3, 0.4) is 0 Å². The van der Waals surface area contributed by atoms with Crippen LogP contribution in [-0.2, 0) is 11.3 Å². The number of hydrogen-bond donors (Lipinski definition) is 0. The molecule has 2 fully saturated rings. The van der Waals surface area contributed by atoms with Crippen LogP contribution >= 0.6 is 11.3 Å². The minimum absolute atomic E-state index is 0.450. The summed E-state index contributed by atoms with van der Waals surface area (Å²) in [4.78, 5) is 9.40. The van der Waals surface area contributed by atoms with Crippen molar-refractivity contribution in [3.8, 4) is 11.4 Å². The van der Waals surface area contributed by atoms with Crippen LogP contribution in [-0.4, -0.2) is 65.4 Å². The molecule has 0 amide bonds. The molecule has 2 aliphatic heterocycles. The Kier molecular flexibility index (Phi) is 4.70. The van der Waals surface area contributed by atoms with Crippen molar-refractivity contribution >= 4 is 11.3 Å². The highest BCUT2D eigenvalue weighted by Gasteiger charge is 2.23. The maximum atomic E-state index is 5.73. The molecule has 0 aliphatic carbocycles.